The van der Waals surface area contributed by atoms with Gasteiger partial charge in [-0.3, -0.25) is 9.79 Å². The number of piperidine rings is 1. The second-order valence-electron chi connectivity index (χ2n) is 5.29. The van der Waals surface area contributed by atoms with E-state index in [9.17, 15) is 13.2 Å². The van der Waals surface area contributed by atoms with Gasteiger partial charge in [0.2, 0.25) is 10.0 Å². The molecule has 1 saturated heterocycles. The Kier molecular flexibility index (Phi) is 11.5. The second-order valence-corrected chi connectivity index (χ2v) is 7.38. The average molecular weight is 476 g/mol. The Morgan fingerprint density at radius 2 is 1.88 bits per heavy atom. The first-order valence-electron chi connectivity index (χ1n) is 8.03. The average Bonchev–Trinajstić information content (AvgIpc) is 2.55. The molecular weight excluding hydrogens is 447 g/mol. The molecule has 10 heteroatoms. The Morgan fingerprint density at radius 3 is 2.38 bits per heavy atom. The third-order valence-electron chi connectivity index (χ3n) is 3.74. The maximum absolute atomic E-state index is 11.7. The van der Waals surface area contributed by atoms with Gasteiger partial charge in [0.1, 0.15) is 0 Å². The van der Waals surface area contributed by atoms with E-state index in [4.69, 9.17) is 4.74 Å². The summed E-state index contributed by atoms with van der Waals surface area (Å²) in [7, 11) is -1.48. The van der Waals surface area contributed by atoms with Crippen molar-refractivity contribution in [3.05, 3.63) is 0 Å². The van der Waals surface area contributed by atoms with E-state index in [0.717, 1.165) is 31.9 Å². The van der Waals surface area contributed by atoms with Gasteiger partial charge in [0.05, 0.1) is 18.3 Å². The van der Waals surface area contributed by atoms with Crippen LogP contribution in [0.1, 0.15) is 26.7 Å². The lowest BCUT2D eigenvalue weighted by Crippen LogP contribution is -2.48. The molecule has 0 amide bonds. The number of carbonyl (C=O) groups is 1. The molecule has 24 heavy (non-hydrogen) atoms. The van der Waals surface area contributed by atoms with Crippen LogP contribution < -0.4 is 10.0 Å². The van der Waals surface area contributed by atoms with Crippen LogP contribution in [0.25, 0.3) is 0 Å². The summed E-state index contributed by atoms with van der Waals surface area (Å²) < 4.78 is 30.2. The smallest absolute Gasteiger partial charge is 0.309 e. The molecule has 0 unspecified atom stereocenters. The maximum Gasteiger partial charge on any atom is 0.309 e. The van der Waals surface area contributed by atoms with Crippen LogP contribution in [0.5, 0.6) is 0 Å². The van der Waals surface area contributed by atoms with E-state index in [1.54, 1.807) is 14.0 Å². The number of hydrogen-bond acceptors (Lipinski definition) is 5. The zero-order valence-electron chi connectivity index (χ0n) is 14.6. The minimum absolute atomic E-state index is 0. The molecule has 0 bridgehead atoms. The van der Waals surface area contributed by atoms with Crippen molar-refractivity contribution in [2.75, 3.05) is 45.6 Å². The number of nitrogens with one attached hydrogen (secondary N) is 2. The van der Waals surface area contributed by atoms with E-state index in [0.29, 0.717) is 19.7 Å². The molecule has 2 N–H and O–H groups in total. The van der Waals surface area contributed by atoms with Gasteiger partial charge in [0, 0.05) is 33.2 Å². The summed E-state index contributed by atoms with van der Waals surface area (Å²) >= 11 is 0. The van der Waals surface area contributed by atoms with E-state index >= 15 is 0 Å². The van der Waals surface area contributed by atoms with Crippen molar-refractivity contribution >= 4 is 45.9 Å². The lowest BCUT2D eigenvalue weighted by atomic mass is 9.97. The van der Waals surface area contributed by atoms with Crippen LogP contribution in [0.15, 0.2) is 4.99 Å². The highest BCUT2D eigenvalue weighted by atomic mass is 127. The first-order chi connectivity index (χ1) is 10.9. The minimum atomic E-state index is -3.17. The lowest BCUT2D eigenvalue weighted by Gasteiger charge is -2.33. The van der Waals surface area contributed by atoms with Gasteiger partial charge in [-0.15, -0.1) is 24.0 Å². The quantitative estimate of drug-likeness (QED) is 0.181. The Labute approximate surface area is 161 Å². The predicted molar refractivity (Wildman–Crippen MR) is 105 cm³/mol. The first-order valence-corrected chi connectivity index (χ1v) is 9.68. The van der Waals surface area contributed by atoms with Crippen molar-refractivity contribution in [1.82, 2.24) is 14.9 Å². The number of esters is 1. The minimum Gasteiger partial charge on any atom is -0.466 e. The van der Waals surface area contributed by atoms with Gasteiger partial charge in [-0.05, 0) is 26.7 Å². The summed E-state index contributed by atoms with van der Waals surface area (Å²) in [6.45, 7) is 6.05. The van der Waals surface area contributed by atoms with Crippen LogP contribution >= 0.6 is 24.0 Å². The van der Waals surface area contributed by atoms with Crippen molar-refractivity contribution in [1.29, 1.82) is 0 Å². The second kappa shape index (κ2) is 11.9. The lowest BCUT2D eigenvalue weighted by molar-refractivity contribution is -0.149. The highest BCUT2D eigenvalue weighted by molar-refractivity contribution is 14.0. The standard InChI is InChI=1S/C14H28N4O4S.HI/c1-4-22-13(19)12-6-10-18(11-7-12)14(15-3)16-8-9-17-23(20,21)5-2;/h12,17H,4-11H2,1-3H3,(H,15,16);1H. The number of carbonyl (C=O) groups excluding carboxylic acids is 1. The highest BCUT2D eigenvalue weighted by Gasteiger charge is 2.27. The van der Waals surface area contributed by atoms with Crippen molar-refractivity contribution in [2.45, 2.75) is 26.7 Å². The molecule has 1 aliphatic rings. The van der Waals surface area contributed by atoms with Gasteiger partial charge in [-0.1, -0.05) is 0 Å². The number of ether oxygens (including phenoxy) is 1. The molecule has 1 fully saturated rings. The van der Waals surface area contributed by atoms with E-state index in [2.05, 4.69) is 19.9 Å². The monoisotopic (exact) mass is 476 g/mol. The molecule has 8 nitrogen and oxygen atoms in total. The number of guanidine groups is 1. The first kappa shape index (κ1) is 23.4. The summed E-state index contributed by atoms with van der Waals surface area (Å²) in [5.74, 6) is 0.635. The summed E-state index contributed by atoms with van der Waals surface area (Å²) in [5.41, 5.74) is 0. The Hall–Kier alpha value is -0.620. The van der Waals surface area contributed by atoms with Crippen LogP contribution in [-0.4, -0.2) is 70.8 Å². The number of rotatable bonds is 7. The molecule has 142 valence electrons. The van der Waals surface area contributed by atoms with E-state index in [-0.39, 0.29) is 41.6 Å². The van der Waals surface area contributed by atoms with Crippen molar-refractivity contribution in [2.24, 2.45) is 10.9 Å². The normalized spacial score (nSPS) is 16.5. The summed E-state index contributed by atoms with van der Waals surface area (Å²) in [5, 5.41) is 3.14. The molecule has 0 aromatic rings. The molecular formula is C14H29IN4O4S. The highest BCUT2D eigenvalue weighted by Crippen LogP contribution is 2.18. The third kappa shape index (κ3) is 7.97. The molecule has 0 aromatic heterocycles. The number of likely N-dealkylation sites (tertiary alicyclic amines) is 1. The van der Waals surface area contributed by atoms with Gasteiger partial charge < -0.3 is 15.0 Å². The fourth-order valence-corrected chi connectivity index (χ4v) is 3.02. The van der Waals surface area contributed by atoms with Crippen molar-refractivity contribution < 1.29 is 17.9 Å². The van der Waals surface area contributed by atoms with E-state index < -0.39 is 10.0 Å². The van der Waals surface area contributed by atoms with E-state index in [1.165, 1.54) is 0 Å². The van der Waals surface area contributed by atoms with Crippen LogP contribution in [0.4, 0.5) is 0 Å². The zero-order chi connectivity index (χ0) is 17.3. The Bertz CT molecular complexity index is 505. The summed E-state index contributed by atoms with van der Waals surface area (Å²) in [6, 6.07) is 0. The van der Waals surface area contributed by atoms with E-state index in [1.807, 2.05) is 6.92 Å². The van der Waals surface area contributed by atoms with Gasteiger partial charge in [0.15, 0.2) is 5.96 Å². The van der Waals surface area contributed by atoms with Crippen LogP contribution in [-0.2, 0) is 19.6 Å². The number of sulfonamides is 1. The van der Waals surface area contributed by atoms with Crippen LogP contribution in [0.3, 0.4) is 0 Å². The van der Waals surface area contributed by atoms with Gasteiger partial charge in [-0.25, -0.2) is 13.1 Å². The topological polar surface area (TPSA) is 100 Å². The fourth-order valence-electron chi connectivity index (χ4n) is 2.40. The molecule has 0 atom stereocenters. The maximum atomic E-state index is 11.7. The summed E-state index contributed by atoms with van der Waals surface area (Å²) in [6.07, 6.45) is 1.48. The largest absolute Gasteiger partial charge is 0.466 e. The molecule has 1 rings (SSSR count). The molecule has 0 aromatic carbocycles. The fraction of sp³-hybridized carbons (Fsp3) is 0.857. The Balaban J connectivity index is 0.00000529. The predicted octanol–water partition coefficient (Wildman–Crippen LogP) is 0.394. The molecule has 0 radical (unpaired) electrons. The molecule has 0 saturated carbocycles. The number of aliphatic imine (C=N–C) groups is 1. The number of hydrogen-bond donors (Lipinski definition) is 2. The van der Waals surface area contributed by atoms with Crippen LogP contribution in [0, 0.1) is 5.92 Å². The van der Waals surface area contributed by atoms with Crippen molar-refractivity contribution in [3.63, 3.8) is 0 Å². The number of halogens is 1. The third-order valence-corrected chi connectivity index (χ3v) is 5.14. The molecule has 1 heterocycles. The number of nitrogens with zero attached hydrogens (tertiary/aromatic N) is 2. The van der Waals surface area contributed by atoms with Gasteiger partial charge in [0.25, 0.3) is 0 Å². The van der Waals surface area contributed by atoms with Gasteiger partial charge >= 0.3 is 5.97 Å². The summed E-state index contributed by atoms with van der Waals surface area (Å²) in [4.78, 5) is 18.0. The zero-order valence-corrected chi connectivity index (χ0v) is 17.7. The van der Waals surface area contributed by atoms with Crippen molar-refractivity contribution in [3.8, 4) is 0 Å². The molecule has 1 aliphatic heterocycles. The Morgan fingerprint density at radius 1 is 1.25 bits per heavy atom. The molecule has 0 spiro atoms. The van der Waals surface area contributed by atoms with Crippen LogP contribution in [0.2, 0.25) is 0 Å². The molecule has 0 aliphatic carbocycles. The SMILES string of the molecule is CCOC(=O)C1CCN(C(=NC)NCCNS(=O)(=O)CC)CC1.I. The van der Waals surface area contributed by atoms with Gasteiger partial charge in [-0.2, -0.15) is 0 Å².